The second kappa shape index (κ2) is 6.76. The first-order valence-electron chi connectivity index (χ1n) is 6.94. The van der Waals surface area contributed by atoms with Gasteiger partial charge in [-0.2, -0.15) is 0 Å². The third kappa shape index (κ3) is 3.47. The Balaban J connectivity index is 1.76. The number of ether oxygens (including phenoxy) is 1. The molecule has 1 unspecified atom stereocenters. The van der Waals surface area contributed by atoms with Crippen LogP contribution in [0.1, 0.15) is 24.8 Å². The highest BCUT2D eigenvalue weighted by molar-refractivity contribution is 5.31. The van der Waals surface area contributed by atoms with Gasteiger partial charge in [-0.25, -0.2) is 0 Å². The molecule has 0 bridgehead atoms. The van der Waals surface area contributed by atoms with Gasteiger partial charge >= 0.3 is 0 Å². The Kier molecular flexibility index (Phi) is 5.02. The topological polar surface area (TPSA) is 38.5 Å². The highest BCUT2D eigenvalue weighted by Gasteiger charge is 2.23. The van der Waals surface area contributed by atoms with Crippen LogP contribution in [-0.2, 0) is 0 Å². The highest BCUT2D eigenvalue weighted by atomic mass is 16.5. The molecule has 0 aliphatic carbocycles. The Morgan fingerprint density at radius 1 is 1.39 bits per heavy atom. The number of hydrogen-bond acceptors (Lipinski definition) is 3. The first kappa shape index (κ1) is 13.4. The fourth-order valence-electron chi connectivity index (χ4n) is 2.71. The Labute approximate surface area is 110 Å². The zero-order valence-corrected chi connectivity index (χ0v) is 11.3. The average molecular weight is 248 g/mol. The minimum atomic E-state index is 0.664. The van der Waals surface area contributed by atoms with E-state index in [1.165, 1.54) is 24.9 Å². The molecular formula is C15H24N2O. The lowest BCUT2D eigenvalue weighted by atomic mass is 10.1. The molecule has 2 N–H and O–H groups in total. The minimum Gasteiger partial charge on any atom is -0.493 e. The quantitative estimate of drug-likeness (QED) is 0.838. The van der Waals surface area contributed by atoms with Gasteiger partial charge in [0.1, 0.15) is 5.75 Å². The Bertz CT molecular complexity index is 367. The maximum Gasteiger partial charge on any atom is 0.122 e. The van der Waals surface area contributed by atoms with Crippen molar-refractivity contribution in [1.29, 1.82) is 0 Å². The van der Waals surface area contributed by atoms with Crippen molar-refractivity contribution < 1.29 is 4.74 Å². The SMILES string of the molecule is Cc1ccccc1OCCC1CCCN1CCN. The van der Waals surface area contributed by atoms with Crippen LogP contribution in [0.15, 0.2) is 24.3 Å². The highest BCUT2D eigenvalue weighted by Crippen LogP contribution is 2.21. The summed E-state index contributed by atoms with van der Waals surface area (Å²) in [7, 11) is 0. The number of benzene rings is 1. The maximum absolute atomic E-state index is 5.87. The van der Waals surface area contributed by atoms with Crippen molar-refractivity contribution in [1.82, 2.24) is 4.90 Å². The third-order valence-electron chi connectivity index (χ3n) is 3.72. The van der Waals surface area contributed by atoms with E-state index < -0.39 is 0 Å². The smallest absolute Gasteiger partial charge is 0.122 e. The van der Waals surface area contributed by atoms with Crippen molar-refractivity contribution in [2.24, 2.45) is 5.73 Å². The predicted octanol–water partition coefficient (Wildman–Crippen LogP) is 2.19. The molecule has 0 aromatic heterocycles. The van der Waals surface area contributed by atoms with Crippen LogP contribution in [0, 0.1) is 6.92 Å². The molecule has 1 atom stereocenters. The maximum atomic E-state index is 5.87. The first-order chi connectivity index (χ1) is 8.81. The molecule has 2 rings (SSSR count). The molecule has 1 aromatic rings. The fourth-order valence-corrected chi connectivity index (χ4v) is 2.71. The zero-order valence-electron chi connectivity index (χ0n) is 11.3. The summed E-state index contributed by atoms with van der Waals surface area (Å²) >= 11 is 0. The number of hydrogen-bond donors (Lipinski definition) is 1. The van der Waals surface area contributed by atoms with E-state index in [2.05, 4.69) is 17.9 Å². The van der Waals surface area contributed by atoms with E-state index in [1.807, 2.05) is 18.2 Å². The molecule has 1 aromatic carbocycles. The van der Waals surface area contributed by atoms with Crippen molar-refractivity contribution in [3.63, 3.8) is 0 Å². The van der Waals surface area contributed by atoms with Crippen molar-refractivity contribution in [3.05, 3.63) is 29.8 Å². The van der Waals surface area contributed by atoms with Gasteiger partial charge in [-0.1, -0.05) is 18.2 Å². The van der Waals surface area contributed by atoms with Gasteiger partial charge in [0, 0.05) is 19.1 Å². The Morgan fingerprint density at radius 2 is 2.22 bits per heavy atom. The van der Waals surface area contributed by atoms with Crippen LogP contribution in [0.2, 0.25) is 0 Å². The molecular weight excluding hydrogens is 224 g/mol. The van der Waals surface area contributed by atoms with Gasteiger partial charge in [-0.15, -0.1) is 0 Å². The van der Waals surface area contributed by atoms with E-state index in [0.717, 1.165) is 31.9 Å². The van der Waals surface area contributed by atoms with Gasteiger partial charge in [0.2, 0.25) is 0 Å². The van der Waals surface area contributed by atoms with Crippen LogP contribution in [0.4, 0.5) is 0 Å². The normalized spacial score (nSPS) is 20.2. The molecule has 18 heavy (non-hydrogen) atoms. The number of likely N-dealkylation sites (tertiary alicyclic amines) is 1. The van der Waals surface area contributed by atoms with Crippen LogP contribution in [0.25, 0.3) is 0 Å². The molecule has 3 nitrogen and oxygen atoms in total. The van der Waals surface area contributed by atoms with Crippen molar-refractivity contribution in [2.45, 2.75) is 32.2 Å². The molecule has 1 aliphatic rings. The summed E-state index contributed by atoms with van der Waals surface area (Å²) < 4.78 is 5.87. The molecule has 1 fully saturated rings. The van der Waals surface area contributed by atoms with Crippen molar-refractivity contribution >= 4 is 0 Å². The summed E-state index contributed by atoms with van der Waals surface area (Å²) in [6, 6.07) is 8.87. The molecule has 0 radical (unpaired) electrons. The lowest BCUT2D eigenvalue weighted by Gasteiger charge is -2.23. The average Bonchev–Trinajstić information content (AvgIpc) is 2.80. The molecule has 0 spiro atoms. The largest absolute Gasteiger partial charge is 0.493 e. The molecule has 100 valence electrons. The fraction of sp³-hybridized carbons (Fsp3) is 0.600. The van der Waals surface area contributed by atoms with Crippen molar-refractivity contribution in [3.8, 4) is 5.75 Å². The summed E-state index contributed by atoms with van der Waals surface area (Å²) in [5, 5.41) is 0. The van der Waals surface area contributed by atoms with E-state index in [9.17, 15) is 0 Å². The standard InChI is InChI=1S/C15H24N2O/c1-13-5-2-3-7-15(13)18-12-8-14-6-4-10-17(14)11-9-16/h2-3,5,7,14H,4,6,8-12,16H2,1H3. The van der Waals surface area contributed by atoms with Gasteiger partial charge in [0.05, 0.1) is 6.61 Å². The summed E-state index contributed by atoms with van der Waals surface area (Å²) in [6.45, 7) is 5.87. The lowest BCUT2D eigenvalue weighted by molar-refractivity contribution is 0.208. The molecule has 0 saturated carbocycles. The summed E-state index contributed by atoms with van der Waals surface area (Å²) in [4.78, 5) is 2.50. The molecule has 3 heteroatoms. The van der Waals surface area contributed by atoms with Gasteiger partial charge in [0.25, 0.3) is 0 Å². The monoisotopic (exact) mass is 248 g/mol. The molecule has 0 amide bonds. The van der Waals surface area contributed by atoms with E-state index >= 15 is 0 Å². The molecule has 1 aliphatic heterocycles. The number of para-hydroxylation sites is 1. The van der Waals surface area contributed by atoms with E-state index in [-0.39, 0.29) is 0 Å². The van der Waals surface area contributed by atoms with Crippen LogP contribution in [0.3, 0.4) is 0 Å². The predicted molar refractivity (Wildman–Crippen MR) is 74.9 cm³/mol. The van der Waals surface area contributed by atoms with Gasteiger partial charge in [-0.05, 0) is 44.4 Å². The third-order valence-corrected chi connectivity index (χ3v) is 3.72. The van der Waals surface area contributed by atoms with E-state index in [4.69, 9.17) is 10.5 Å². The number of nitrogens with two attached hydrogens (primary N) is 1. The zero-order chi connectivity index (χ0) is 12.8. The summed E-state index contributed by atoms with van der Waals surface area (Å²) in [5.74, 6) is 1.01. The van der Waals surface area contributed by atoms with Crippen molar-refractivity contribution in [2.75, 3.05) is 26.2 Å². The van der Waals surface area contributed by atoms with Crippen LogP contribution >= 0.6 is 0 Å². The van der Waals surface area contributed by atoms with Crippen LogP contribution in [0.5, 0.6) is 5.75 Å². The summed E-state index contributed by atoms with van der Waals surface area (Å²) in [5.41, 5.74) is 6.85. The van der Waals surface area contributed by atoms with Crippen LogP contribution < -0.4 is 10.5 Å². The Hall–Kier alpha value is -1.06. The van der Waals surface area contributed by atoms with Gasteiger partial charge in [0.15, 0.2) is 0 Å². The molecule has 1 saturated heterocycles. The van der Waals surface area contributed by atoms with Crippen LogP contribution in [-0.4, -0.2) is 37.2 Å². The summed E-state index contributed by atoms with van der Waals surface area (Å²) in [6.07, 6.45) is 3.69. The first-order valence-corrected chi connectivity index (χ1v) is 6.94. The molecule has 1 heterocycles. The Morgan fingerprint density at radius 3 is 3.00 bits per heavy atom. The second-order valence-electron chi connectivity index (χ2n) is 5.02. The second-order valence-corrected chi connectivity index (χ2v) is 5.02. The van der Waals surface area contributed by atoms with Gasteiger partial charge in [-0.3, -0.25) is 4.90 Å². The number of aryl methyl sites for hydroxylation is 1. The number of nitrogens with zero attached hydrogens (tertiary/aromatic N) is 1. The number of rotatable bonds is 6. The van der Waals surface area contributed by atoms with Gasteiger partial charge < -0.3 is 10.5 Å². The van der Waals surface area contributed by atoms with E-state index in [1.54, 1.807) is 0 Å². The van der Waals surface area contributed by atoms with E-state index in [0.29, 0.717) is 6.04 Å². The lowest BCUT2D eigenvalue weighted by Crippen LogP contribution is -2.34. The minimum absolute atomic E-state index is 0.664.